The summed E-state index contributed by atoms with van der Waals surface area (Å²) in [7, 11) is -3.68. The van der Waals surface area contributed by atoms with Crippen molar-refractivity contribution in [3.8, 4) is 0 Å². The Balaban J connectivity index is 2.08. The summed E-state index contributed by atoms with van der Waals surface area (Å²) < 4.78 is 31.4. The van der Waals surface area contributed by atoms with Gasteiger partial charge in [-0.3, -0.25) is 4.79 Å². The number of rotatable bonds is 7. The Morgan fingerprint density at radius 2 is 2.30 bits per heavy atom. The zero-order valence-corrected chi connectivity index (χ0v) is 15.5. The molecule has 0 bridgehead atoms. The molecule has 0 radical (unpaired) electrons. The van der Waals surface area contributed by atoms with Gasteiger partial charge in [-0.2, -0.15) is 0 Å². The minimum atomic E-state index is -3.68. The summed E-state index contributed by atoms with van der Waals surface area (Å²) in [5.74, 6) is -0.278. The molecule has 0 fully saturated rings. The van der Waals surface area contributed by atoms with Crippen LogP contribution < -0.4 is 10.5 Å². The van der Waals surface area contributed by atoms with Crippen molar-refractivity contribution >= 4 is 39.3 Å². The number of nitrogens with two attached hydrogens (primary N) is 1. The third-order valence-corrected chi connectivity index (χ3v) is 7.09. The van der Waals surface area contributed by atoms with Gasteiger partial charge in [0.05, 0.1) is 10.8 Å². The van der Waals surface area contributed by atoms with E-state index in [-0.39, 0.29) is 16.2 Å². The number of carbonyl (C=O) groups is 1. The average Bonchev–Trinajstić information content (AvgIpc) is 2.88. The van der Waals surface area contributed by atoms with Crippen molar-refractivity contribution in [2.75, 3.05) is 26.2 Å². The van der Waals surface area contributed by atoms with Gasteiger partial charge < -0.3 is 10.1 Å². The third-order valence-electron chi connectivity index (χ3n) is 3.26. The fraction of sp³-hybridized carbons (Fsp3) is 0.615. The number of carbonyl (C=O) groups excluding carboxylic acids is 1. The van der Waals surface area contributed by atoms with E-state index in [1.165, 1.54) is 30.2 Å². The van der Waals surface area contributed by atoms with E-state index in [0.717, 1.165) is 35.8 Å². The highest BCUT2D eigenvalue weighted by atomic mass is 32.3. The molecule has 1 aromatic heterocycles. The van der Waals surface area contributed by atoms with Gasteiger partial charge >= 0.3 is 5.97 Å². The average molecular weight is 380 g/mol. The van der Waals surface area contributed by atoms with E-state index >= 15 is 0 Å². The smallest absolute Gasteiger partial charge is 0.302 e. The maximum absolute atomic E-state index is 11.6. The highest BCUT2D eigenvalue weighted by Gasteiger charge is 2.29. The van der Waals surface area contributed by atoms with Crippen LogP contribution in [0.1, 0.15) is 31.9 Å². The molecular weight excluding hydrogens is 358 g/mol. The summed E-state index contributed by atoms with van der Waals surface area (Å²) in [5, 5.41) is 8.62. The predicted octanol–water partition coefficient (Wildman–Crippen LogP) is 1.32. The van der Waals surface area contributed by atoms with E-state index in [0.29, 0.717) is 6.61 Å². The number of thiophene rings is 1. The minimum absolute atomic E-state index is 0.0664. The van der Waals surface area contributed by atoms with Crippen LogP contribution in [0.3, 0.4) is 0 Å². The maximum atomic E-state index is 11.6. The molecule has 2 heterocycles. The molecule has 1 atom stereocenters. The molecule has 0 aromatic carbocycles. The van der Waals surface area contributed by atoms with Crippen molar-refractivity contribution in [2.24, 2.45) is 5.14 Å². The first-order valence-electron chi connectivity index (χ1n) is 7.27. The van der Waals surface area contributed by atoms with Gasteiger partial charge in [-0.05, 0) is 36.5 Å². The summed E-state index contributed by atoms with van der Waals surface area (Å²) in [6, 6.07) is 1.74. The highest BCUT2D eigenvalue weighted by molar-refractivity contribution is 7.99. The number of likely N-dealkylation sites (N-methyl/N-ethyl adjacent to an activating group) is 1. The topological polar surface area (TPSA) is 102 Å². The third kappa shape index (κ3) is 5.16. The number of hydrogen-bond acceptors (Lipinski definition) is 8. The number of sulfonamides is 1. The largest absolute Gasteiger partial charge is 0.466 e. The molecule has 1 aliphatic rings. The maximum Gasteiger partial charge on any atom is 0.302 e. The van der Waals surface area contributed by atoms with Crippen LogP contribution >= 0.6 is 23.3 Å². The van der Waals surface area contributed by atoms with Gasteiger partial charge in [0.15, 0.2) is 0 Å². The Labute approximate surface area is 144 Å². The molecule has 0 saturated heterocycles. The quantitative estimate of drug-likeness (QED) is 0.418. The first-order chi connectivity index (χ1) is 10.8. The lowest BCUT2D eigenvalue weighted by molar-refractivity contribution is -0.141. The van der Waals surface area contributed by atoms with Gasteiger partial charge in [-0.25, -0.2) is 17.9 Å². The normalized spacial score (nSPS) is 18.7. The second-order valence-corrected chi connectivity index (χ2v) is 9.34. The zero-order valence-electron chi connectivity index (χ0n) is 13.1. The molecule has 7 nitrogen and oxygen atoms in total. The van der Waals surface area contributed by atoms with Gasteiger partial charge in [0.2, 0.25) is 10.0 Å². The number of hydrogen-bond donors (Lipinski definition) is 2. The van der Waals surface area contributed by atoms with Crippen LogP contribution in [0.25, 0.3) is 0 Å². The van der Waals surface area contributed by atoms with Crippen LogP contribution in [0.15, 0.2) is 14.5 Å². The molecule has 10 heteroatoms. The standard InChI is InChI=1S/C13H21N3O4S3/c1-3-15-11-8-16(5-4-6-20-9(2)17)22-13-10(11)7-12(21-13)23(14,18)19/h7,11,15H,3-6,8H2,1-2H3,(H2,14,18,19)/t11-/m0/s1. The van der Waals surface area contributed by atoms with Crippen LogP contribution in [0.4, 0.5) is 0 Å². The molecule has 0 amide bonds. The number of fused-ring (bicyclic) bond motifs is 1. The highest BCUT2D eigenvalue weighted by Crippen LogP contribution is 2.43. The summed E-state index contributed by atoms with van der Waals surface area (Å²) >= 11 is 2.74. The van der Waals surface area contributed by atoms with Crippen molar-refractivity contribution in [1.82, 2.24) is 9.62 Å². The van der Waals surface area contributed by atoms with Gasteiger partial charge in [-0.1, -0.05) is 6.92 Å². The zero-order chi connectivity index (χ0) is 17.0. The predicted molar refractivity (Wildman–Crippen MR) is 90.8 cm³/mol. The van der Waals surface area contributed by atoms with Crippen LogP contribution in [0.2, 0.25) is 0 Å². The summed E-state index contributed by atoms with van der Waals surface area (Å²) in [4.78, 5) is 10.8. The first-order valence-corrected chi connectivity index (χ1v) is 10.4. The van der Waals surface area contributed by atoms with Crippen molar-refractivity contribution in [2.45, 2.75) is 34.7 Å². The van der Waals surface area contributed by atoms with Crippen molar-refractivity contribution < 1.29 is 17.9 Å². The van der Waals surface area contributed by atoms with Crippen LogP contribution in [0.5, 0.6) is 0 Å². The number of esters is 1. The summed E-state index contributed by atoms with van der Waals surface area (Å²) in [6.45, 7) is 6.09. The van der Waals surface area contributed by atoms with Gasteiger partial charge in [0.1, 0.15) is 4.21 Å². The van der Waals surface area contributed by atoms with Crippen molar-refractivity contribution in [3.05, 3.63) is 11.6 Å². The lowest BCUT2D eigenvalue weighted by Gasteiger charge is -2.31. The second-order valence-electron chi connectivity index (χ2n) is 5.14. The van der Waals surface area contributed by atoms with Crippen LogP contribution in [-0.2, 0) is 19.6 Å². The molecule has 0 unspecified atom stereocenters. The van der Waals surface area contributed by atoms with Crippen molar-refractivity contribution in [3.63, 3.8) is 0 Å². The van der Waals surface area contributed by atoms with Crippen LogP contribution in [-0.4, -0.2) is 44.9 Å². The van der Waals surface area contributed by atoms with Gasteiger partial charge in [-0.15, -0.1) is 11.3 Å². The summed E-state index contributed by atoms with van der Waals surface area (Å²) in [5.41, 5.74) is 0.988. The molecule has 0 spiro atoms. The lowest BCUT2D eigenvalue weighted by atomic mass is 10.1. The fourth-order valence-electron chi connectivity index (χ4n) is 2.29. The monoisotopic (exact) mass is 379 g/mol. The Bertz CT molecular complexity index is 659. The molecule has 0 saturated carbocycles. The first kappa shape index (κ1) is 18.7. The van der Waals surface area contributed by atoms with E-state index in [1.807, 2.05) is 6.92 Å². The Kier molecular flexibility index (Phi) is 6.46. The lowest BCUT2D eigenvalue weighted by Crippen LogP contribution is -2.35. The second kappa shape index (κ2) is 7.95. The molecule has 23 heavy (non-hydrogen) atoms. The number of ether oxygens (including phenoxy) is 1. The Hall–Kier alpha value is -0.650. The van der Waals surface area contributed by atoms with Crippen LogP contribution in [0, 0.1) is 0 Å². The summed E-state index contributed by atoms with van der Waals surface area (Å²) in [6.07, 6.45) is 0.730. The Morgan fingerprint density at radius 1 is 1.57 bits per heavy atom. The number of nitrogens with one attached hydrogen (secondary N) is 1. The fourth-order valence-corrected chi connectivity index (χ4v) is 5.86. The van der Waals surface area contributed by atoms with E-state index in [2.05, 4.69) is 9.62 Å². The van der Waals surface area contributed by atoms with E-state index in [4.69, 9.17) is 9.88 Å². The molecule has 130 valence electrons. The number of nitrogens with zero attached hydrogens (tertiary/aromatic N) is 1. The van der Waals surface area contributed by atoms with Gasteiger partial charge in [0, 0.05) is 26.1 Å². The van der Waals surface area contributed by atoms with E-state index in [1.54, 1.807) is 6.07 Å². The molecule has 2 rings (SSSR count). The molecule has 0 aliphatic carbocycles. The number of primary sulfonamides is 1. The van der Waals surface area contributed by atoms with Gasteiger partial charge in [0.25, 0.3) is 0 Å². The van der Waals surface area contributed by atoms with Crippen molar-refractivity contribution in [1.29, 1.82) is 0 Å². The molecule has 1 aliphatic heterocycles. The Morgan fingerprint density at radius 3 is 2.91 bits per heavy atom. The minimum Gasteiger partial charge on any atom is -0.466 e. The molecular formula is C13H21N3O4S3. The SMILES string of the molecule is CCN[C@H]1CN(CCCOC(C)=O)Sc2sc(S(N)(=O)=O)cc21. The molecule has 3 N–H and O–H groups in total. The van der Waals surface area contributed by atoms with E-state index in [9.17, 15) is 13.2 Å². The molecule has 1 aromatic rings. The van der Waals surface area contributed by atoms with E-state index < -0.39 is 10.0 Å².